The first-order chi connectivity index (χ1) is 8.05. The molecule has 0 bridgehead atoms. The standard InChI is InChI=1S/C9H8ClN3O3S/c1-16-8-3-2-7(10)4-9(8)17(14,15)13-5-11-12-6-13/h2-6H,1H3. The van der Waals surface area contributed by atoms with Crippen LogP contribution in [0.1, 0.15) is 0 Å². The van der Waals surface area contributed by atoms with Crippen molar-refractivity contribution in [3.8, 4) is 5.75 Å². The van der Waals surface area contributed by atoms with Crippen LogP contribution in [0.5, 0.6) is 5.75 Å². The molecule has 0 radical (unpaired) electrons. The van der Waals surface area contributed by atoms with Crippen molar-refractivity contribution in [3.05, 3.63) is 35.9 Å². The van der Waals surface area contributed by atoms with Crippen LogP contribution in [0.25, 0.3) is 0 Å². The van der Waals surface area contributed by atoms with Crippen molar-refractivity contribution in [1.29, 1.82) is 0 Å². The third-order valence-corrected chi connectivity index (χ3v) is 3.93. The van der Waals surface area contributed by atoms with Crippen molar-refractivity contribution in [2.45, 2.75) is 4.90 Å². The molecule has 0 aliphatic rings. The molecular formula is C9H8ClN3O3S. The lowest BCUT2D eigenvalue weighted by atomic mass is 10.3. The summed E-state index contributed by atoms with van der Waals surface area (Å²) < 4.78 is 30.2. The number of benzene rings is 1. The number of hydrogen-bond donors (Lipinski definition) is 0. The fraction of sp³-hybridized carbons (Fsp3) is 0.111. The summed E-state index contributed by atoms with van der Waals surface area (Å²) in [5.74, 6) is 0.211. The summed E-state index contributed by atoms with van der Waals surface area (Å²) in [6.07, 6.45) is 2.19. The van der Waals surface area contributed by atoms with Gasteiger partial charge < -0.3 is 4.74 Å². The second kappa shape index (κ2) is 4.34. The van der Waals surface area contributed by atoms with Gasteiger partial charge in [-0.05, 0) is 18.2 Å². The highest BCUT2D eigenvalue weighted by Crippen LogP contribution is 2.28. The molecule has 0 saturated carbocycles. The second-order valence-electron chi connectivity index (χ2n) is 3.09. The summed E-state index contributed by atoms with van der Waals surface area (Å²) >= 11 is 5.78. The van der Waals surface area contributed by atoms with Gasteiger partial charge in [0, 0.05) is 5.02 Å². The van der Waals surface area contributed by atoms with E-state index in [0.717, 1.165) is 16.6 Å². The lowest BCUT2D eigenvalue weighted by Crippen LogP contribution is -2.12. The highest BCUT2D eigenvalue weighted by Gasteiger charge is 2.22. The minimum Gasteiger partial charge on any atom is -0.495 e. The van der Waals surface area contributed by atoms with Crippen LogP contribution in [0.2, 0.25) is 5.02 Å². The van der Waals surface area contributed by atoms with E-state index in [1.807, 2.05) is 0 Å². The quantitative estimate of drug-likeness (QED) is 0.839. The molecule has 0 N–H and O–H groups in total. The molecule has 0 atom stereocenters. The molecule has 17 heavy (non-hydrogen) atoms. The maximum Gasteiger partial charge on any atom is 0.274 e. The van der Waals surface area contributed by atoms with Gasteiger partial charge in [-0.15, -0.1) is 10.2 Å². The highest BCUT2D eigenvalue weighted by molar-refractivity contribution is 7.90. The van der Waals surface area contributed by atoms with E-state index in [2.05, 4.69) is 10.2 Å². The molecule has 0 spiro atoms. The van der Waals surface area contributed by atoms with Gasteiger partial charge in [-0.3, -0.25) is 0 Å². The third-order valence-electron chi connectivity index (χ3n) is 2.08. The van der Waals surface area contributed by atoms with E-state index >= 15 is 0 Å². The van der Waals surface area contributed by atoms with E-state index < -0.39 is 10.0 Å². The van der Waals surface area contributed by atoms with Gasteiger partial charge in [-0.1, -0.05) is 11.6 Å². The molecule has 0 aliphatic heterocycles. The molecule has 90 valence electrons. The van der Waals surface area contributed by atoms with E-state index in [1.165, 1.54) is 19.2 Å². The van der Waals surface area contributed by atoms with Gasteiger partial charge >= 0.3 is 0 Å². The lowest BCUT2D eigenvalue weighted by Gasteiger charge is -2.09. The van der Waals surface area contributed by atoms with Gasteiger partial charge in [-0.2, -0.15) is 0 Å². The van der Waals surface area contributed by atoms with E-state index in [9.17, 15) is 8.42 Å². The number of halogens is 1. The number of aromatic nitrogens is 3. The zero-order valence-corrected chi connectivity index (χ0v) is 10.3. The Morgan fingerprint density at radius 2 is 1.94 bits per heavy atom. The first-order valence-electron chi connectivity index (χ1n) is 4.49. The zero-order chi connectivity index (χ0) is 12.5. The summed E-state index contributed by atoms with van der Waals surface area (Å²) in [6, 6.07) is 4.35. The smallest absolute Gasteiger partial charge is 0.274 e. The van der Waals surface area contributed by atoms with Crippen LogP contribution in [0.3, 0.4) is 0 Å². The topological polar surface area (TPSA) is 74.1 Å². The van der Waals surface area contributed by atoms with Gasteiger partial charge in [0.2, 0.25) is 0 Å². The van der Waals surface area contributed by atoms with Crippen LogP contribution in [-0.2, 0) is 10.0 Å². The van der Waals surface area contributed by atoms with Crippen LogP contribution >= 0.6 is 11.6 Å². The van der Waals surface area contributed by atoms with Crippen LogP contribution in [-0.4, -0.2) is 29.7 Å². The van der Waals surface area contributed by atoms with Crippen molar-refractivity contribution in [1.82, 2.24) is 14.2 Å². The van der Waals surface area contributed by atoms with Crippen LogP contribution in [0, 0.1) is 0 Å². The first kappa shape index (κ1) is 11.9. The van der Waals surface area contributed by atoms with E-state index in [-0.39, 0.29) is 10.6 Å². The van der Waals surface area contributed by atoms with Crippen molar-refractivity contribution >= 4 is 21.6 Å². The van der Waals surface area contributed by atoms with Gasteiger partial charge in [0.25, 0.3) is 10.0 Å². The van der Waals surface area contributed by atoms with Gasteiger partial charge in [0.15, 0.2) is 0 Å². The third kappa shape index (κ3) is 2.11. The number of rotatable bonds is 3. The Morgan fingerprint density at radius 3 is 2.53 bits per heavy atom. The van der Waals surface area contributed by atoms with E-state index in [1.54, 1.807) is 6.07 Å². The summed E-state index contributed by atoms with van der Waals surface area (Å²) in [4.78, 5) is -0.0349. The SMILES string of the molecule is COc1ccc(Cl)cc1S(=O)(=O)n1cnnc1. The normalized spacial score (nSPS) is 11.4. The fourth-order valence-electron chi connectivity index (χ4n) is 1.28. The average molecular weight is 274 g/mol. The average Bonchev–Trinajstić information content (AvgIpc) is 2.83. The van der Waals surface area contributed by atoms with Gasteiger partial charge in [0.05, 0.1) is 7.11 Å². The maximum atomic E-state index is 12.2. The molecule has 0 fully saturated rings. The molecule has 1 aromatic heterocycles. The fourth-order valence-corrected chi connectivity index (χ4v) is 2.76. The predicted octanol–water partition coefficient (Wildman–Crippen LogP) is 1.18. The number of nitrogens with zero attached hydrogens (tertiary/aromatic N) is 3. The molecule has 0 saturated heterocycles. The predicted molar refractivity (Wildman–Crippen MR) is 60.6 cm³/mol. The van der Waals surface area contributed by atoms with E-state index in [4.69, 9.17) is 16.3 Å². The van der Waals surface area contributed by atoms with Gasteiger partial charge in [0.1, 0.15) is 23.3 Å². The zero-order valence-electron chi connectivity index (χ0n) is 8.74. The Hall–Kier alpha value is -1.60. The monoisotopic (exact) mass is 273 g/mol. The maximum absolute atomic E-state index is 12.2. The summed E-state index contributed by atoms with van der Waals surface area (Å²) in [5.41, 5.74) is 0. The number of methoxy groups -OCH3 is 1. The van der Waals surface area contributed by atoms with Crippen molar-refractivity contribution in [2.24, 2.45) is 0 Å². The minimum absolute atomic E-state index is 0.0349. The number of ether oxygens (including phenoxy) is 1. The molecular weight excluding hydrogens is 266 g/mol. The molecule has 0 aliphatic carbocycles. The summed E-state index contributed by atoms with van der Waals surface area (Å²) in [5, 5.41) is 7.21. The van der Waals surface area contributed by atoms with Gasteiger partial charge in [-0.25, -0.2) is 12.4 Å². The Balaban J connectivity index is 2.65. The molecule has 0 unspecified atom stereocenters. The van der Waals surface area contributed by atoms with Crippen molar-refractivity contribution < 1.29 is 13.2 Å². The van der Waals surface area contributed by atoms with Crippen LogP contribution in [0.4, 0.5) is 0 Å². The number of hydrogen-bond acceptors (Lipinski definition) is 5. The van der Waals surface area contributed by atoms with Crippen LogP contribution < -0.4 is 4.74 Å². The Kier molecular flexibility index (Phi) is 3.03. The molecule has 1 aromatic carbocycles. The molecule has 2 aromatic rings. The van der Waals surface area contributed by atoms with E-state index in [0.29, 0.717) is 5.02 Å². The molecule has 1 heterocycles. The summed E-state index contributed by atoms with van der Waals surface area (Å²) in [7, 11) is -2.40. The molecule has 6 nitrogen and oxygen atoms in total. The molecule has 0 amide bonds. The summed E-state index contributed by atoms with van der Waals surface area (Å²) in [6.45, 7) is 0. The Labute approximate surface area is 103 Å². The lowest BCUT2D eigenvalue weighted by molar-refractivity contribution is 0.402. The highest BCUT2D eigenvalue weighted by atomic mass is 35.5. The van der Waals surface area contributed by atoms with Crippen molar-refractivity contribution in [2.75, 3.05) is 7.11 Å². The Morgan fingerprint density at radius 1 is 1.29 bits per heavy atom. The second-order valence-corrected chi connectivity index (χ2v) is 5.34. The minimum atomic E-state index is -3.78. The van der Waals surface area contributed by atoms with Crippen LogP contribution in [0.15, 0.2) is 35.7 Å². The largest absolute Gasteiger partial charge is 0.495 e. The first-order valence-corrected chi connectivity index (χ1v) is 6.31. The van der Waals surface area contributed by atoms with Crippen molar-refractivity contribution in [3.63, 3.8) is 0 Å². The Bertz CT molecular complexity index is 625. The molecule has 2 rings (SSSR count). The molecule has 8 heteroatoms.